The largest absolute Gasteiger partial charge is 0.479 e. The molecule has 16 heteroatoms. The number of carbonyl (C=O) groups excluding carboxylic acids is 3. The quantitative estimate of drug-likeness (QED) is 0.137. The van der Waals surface area contributed by atoms with E-state index in [1.165, 1.54) is 24.1 Å². The highest BCUT2D eigenvalue weighted by atomic mass is 32.2. The zero-order valence-electron chi connectivity index (χ0n) is 16.8. The lowest BCUT2D eigenvalue weighted by Crippen LogP contribution is -2.71. The summed E-state index contributed by atoms with van der Waals surface area (Å²) in [6.07, 6.45) is 0. The number of nitrogens with two attached hydrogens (primary N) is 1. The Morgan fingerprint density at radius 2 is 2.09 bits per heavy atom. The fourth-order valence-electron chi connectivity index (χ4n) is 2.95. The number of β-lactam (4-membered cyclic amide) rings is 1. The highest BCUT2D eigenvalue weighted by Gasteiger charge is 2.54. The number of esters is 1. The van der Waals surface area contributed by atoms with E-state index in [9.17, 15) is 29.1 Å². The van der Waals surface area contributed by atoms with Gasteiger partial charge < -0.3 is 30.8 Å². The summed E-state index contributed by atoms with van der Waals surface area (Å²) < 4.78 is 4.86. The topological polar surface area (TPSA) is 211 Å². The van der Waals surface area contributed by atoms with Gasteiger partial charge in [-0.05, 0) is 0 Å². The average molecular weight is 499 g/mol. The highest BCUT2D eigenvalue weighted by Crippen LogP contribution is 2.40. The molecule has 3 rings (SSSR count). The van der Waals surface area contributed by atoms with E-state index in [1.54, 1.807) is 0 Å². The van der Waals surface area contributed by atoms with E-state index >= 15 is 0 Å². The lowest BCUT2D eigenvalue weighted by atomic mass is 10.0. The summed E-state index contributed by atoms with van der Waals surface area (Å²) in [5.41, 5.74) is 5.12. The van der Waals surface area contributed by atoms with E-state index in [0.29, 0.717) is 0 Å². The molecule has 1 aromatic heterocycles. The molecule has 176 valence electrons. The number of carboxylic acid groups (broad SMARTS) is 2. The van der Waals surface area contributed by atoms with Gasteiger partial charge in [-0.2, -0.15) is 0 Å². The Hall–Kier alpha value is -3.66. The molecule has 2 aliphatic heterocycles. The van der Waals surface area contributed by atoms with Crippen LogP contribution in [-0.2, 0) is 33.5 Å². The summed E-state index contributed by atoms with van der Waals surface area (Å²) in [6, 6.07) is -1.09. The van der Waals surface area contributed by atoms with Crippen molar-refractivity contribution in [1.29, 1.82) is 0 Å². The van der Waals surface area contributed by atoms with Gasteiger partial charge in [-0.1, -0.05) is 5.16 Å². The van der Waals surface area contributed by atoms with E-state index in [1.807, 2.05) is 0 Å². The highest BCUT2D eigenvalue weighted by molar-refractivity contribution is 8.00. The molecule has 0 aromatic carbocycles. The summed E-state index contributed by atoms with van der Waals surface area (Å²) >= 11 is 2.18. The van der Waals surface area contributed by atoms with Gasteiger partial charge in [0, 0.05) is 23.6 Å². The number of amides is 2. The standard InChI is InChI=1S/C17H17N5O9S2/c1-6(23)30-2-7-4-32-15-11(14(27)22(15)12(7)16(28)29)20-13(26)10(21-31-3-9(24)25)8-5-33-17(18)19-8/h5,11,15H,2-4H2,1H3,(H2,18,19)(H,20,26)(H,24,25)(H,28,29)/b21-10-. The zero-order chi connectivity index (χ0) is 24.3. The third-order valence-electron chi connectivity index (χ3n) is 4.31. The minimum absolute atomic E-state index is 0.00935. The molecule has 3 heterocycles. The SMILES string of the molecule is CC(=O)OCC1=C(C(=O)O)N2C(=O)C(NC(=O)/C(=N\OCC(=O)O)c3csc(N)n3)C2SC1. The number of aromatic nitrogens is 1. The molecule has 0 saturated carbocycles. The van der Waals surface area contributed by atoms with Gasteiger partial charge in [0.05, 0.1) is 0 Å². The van der Waals surface area contributed by atoms with E-state index in [2.05, 4.69) is 20.3 Å². The van der Waals surface area contributed by atoms with Gasteiger partial charge in [-0.3, -0.25) is 19.3 Å². The van der Waals surface area contributed by atoms with Crippen molar-refractivity contribution in [3.63, 3.8) is 0 Å². The molecule has 0 radical (unpaired) electrons. The van der Waals surface area contributed by atoms with Crippen molar-refractivity contribution in [2.75, 3.05) is 24.7 Å². The third-order valence-corrected chi connectivity index (χ3v) is 6.32. The van der Waals surface area contributed by atoms with Crippen molar-refractivity contribution in [2.45, 2.75) is 18.3 Å². The lowest BCUT2D eigenvalue weighted by molar-refractivity contribution is -0.150. The number of nitrogen functional groups attached to an aromatic ring is 1. The number of hydrogen-bond acceptors (Lipinski definition) is 12. The van der Waals surface area contributed by atoms with Crippen molar-refractivity contribution < 1.29 is 43.8 Å². The summed E-state index contributed by atoms with van der Waals surface area (Å²) in [7, 11) is 0. The fourth-order valence-corrected chi connectivity index (χ4v) is 4.82. The van der Waals surface area contributed by atoms with Crippen molar-refractivity contribution >= 4 is 63.7 Å². The number of carbonyl (C=O) groups is 5. The molecule has 33 heavy (non-hydrogen) atoms. The number of rotatable bonds is 9. The van der Waals surface area contributed by atoms with Crippen LogP contribution in [0, 0.1) is 0 Å². The van der Waals surface area contributed by atoms with Crippen LogP contribution in [0.25, 0.3) is 0 Å². The van der Waals surface area contributed by atoms with E-state index in [0.717, 1.165) is 16.2 Å². The van der Waals surface area contributed by atoms with Gasteiger partial charge in [0.2, 0.25) is 6.61 Å². The molecule has 0 aliphatic carbocycles. The molecule has 14 nitrogen and oxygen atoms in total. The van der Waals surface area contributed by atoms with Crippen molar-refractivity contribution in [3.05, 3.63) is 22.3 Å². The van der Waals surface area contributed by atoms with Crippen LogP contribution in [0.5, 0.6) is 0 Å². The molecule has 2 atom stereocenters. The number of thioether (sulfide) groups is 1. The molecule has 0 bridgehead atoms. The predicted octanol–water partition coefficient (Wildman–Crippen LogP) is -1.17. The van der Waals surface area contributed by atoms with E-state index in [-0.39, 0.29) is 34.5 Å². The second-order valence-electron chi connectivity index (χ2n) is 6.58. The number of ether oxygens (including phenoxy) is 1. The van der Waals surface area contributed by atoms with E-state index < -0.39 is 53.5 Å². The number of hydrogen-bond donors (Lipinski definition) is 4. The second-order valence-corrected chi connectivity index (χ2v) is 8.57. The van der Waals surface area contributed by atoms with Crippen LogP contribution < -0.4 is 11.1 Å². The maximum absolute atomic E-state index is 12.8. The molecule has 1 fully saturated rings. The van der Waals surface area contributed by atoms with Crippen LogP contribution in [0.4, 0.5) is 5.13 Å². The smallest absolute Gasteiger partial charge is 0.352 e. The maximum Gasteiger partial charge on any atom is 0.352 e. The number of nitrogens with zero attached hydrogens (tertiary/aromatic N) is 3. The van der Waals surface area contributed by atoms with Crippen LogP contribution >= 0.6 is 23.1 Å². The number of anilines is 1. The second kappa shape index (κ2) is 9.86. The molecule has 0 spiro atoms. The molecule has 2 amide bonds. The lowest BCUT2D eigenvalue weighted by Gasteiger charge is -2.49. The summed E-state index contributed by atoms with van der Waals surface area (Å²) in [5, 5.41) is 25.0. The minimum atomic E-state index is -1.37. The Labute approximate surface area is 193 Å². The average Bonchev–Trinajstić information content (AvgIpc) is 3.17. The first kappa shape index (κ1) is 24.0. The van der Waals surface area contributed by atoms with Crippen molar-refractivity contribution in [2.24, 2.45) is 5.16 Å². The summed E-state index contributed by atoms with van der Waals surface area (Å²) in [4.78, 5) is 68.5. The molecule has 2 aliphatic rings. The monoisotopic (exact) mass is 499 g/mol. The van der Waals surface area contributed by atoms with Crippen LogP contribution in [0.2, 0.25) is 0 Å². The Bertz CT molecular complexity index is 1080. The molecule has 5 N–H and O–H groups in total. The number of nitrogens with one attached hydrogen (secondary N) is 1. The van der Waals surface area contributed by atoms with Gasteiger partial charge in [0.25, 0.3) is 11.8 Å². The molecular weight excluding hydrogens is 482 g/mol. The maximum atomic E-state index is 12.8. The van der Waals surface area contributed by atoms with Gasteiger partial charge >= 0.3 is 17.9 Å². The van der Waals surface area contributed by atoms with E-state index in [4.69, 9.17) is 15.6 Å². The first-order chi connectivity index (χ1) is 15.6. The molecule has 1 aromatic rings. The Balaban J connectivity index is 1.78. The normalized spacial score (nSPS) is 20.0. The Kier molecular flexibility index (Phi) is 7.17. The number of oxime groups is 1. The minimum Gasteiger partial charge on any atom is -0.479 e. The first-order valence-electron chi connectivity index (χ1n) is 9.07. The van der Waals surface area contributed by atoms with Crippen LogP contribution in [0.3, 0.4) is 0 Å². The van der Waals surface area contributed by atoms with Crippen LogP contribution in [0.15, 0.2) is 21.8 Å². The van der Waals surface area contributed by atoms with Crippen molar-refractivity contribution in [1.82, 2.24) is 15.2 Å². The van der Waals surface area contributed by atoms with Crippen molar-refractivity contribution in [3.8, 4) is 0 Å². The molecular formula is C17H17N5O9S2. The summed E-state index contributed by atoms with van der Waals surface area (Å²) in [6.45, 7) is 0.0821. The third kappa shape index (κ3) is 5.23. The number of thiazole rings is 1. The predicted molar refractivity (Wildman–Crippen MR) is 113 cm³/mol. The van der Waals surface area contributed by atoms with Gasteiger partial charge in [-0.15, -0.1) is 23.1 Å². The van der Waals surface area contributed by atoms with Gasteiger partial charge in [-0.25, -0.2) is 14.6 Å². The fraction of sp³-hybridized carbons (Fsp3) is 0.353. The first-order valence-corrected chi connectivity index (χ1v) is 11.0. The van der Waals surface area contributed by atoms with Crippen LogP contribution in [-0.4, -0.2) is 85.9 Å². The Morgan fingerprint density at radius 1 is 1.36 bits per heavy atom. The van der Waals surface area contributed by atoms with Gasteiger partial charge in [0.1, 0.15) is 29.4 Å². The van der Waals surface area contributed by atoms with Crippen LogP contribution in [0.1, 0.15) is 12.6 Å². The van der Waals surface area contributed by atoms with Gasteiger partial charge in [0.15, 0.2) is 10.8 Å². The number of carboxylic acids is 2. The zero-order valence-corrected chi connectivity index (χ0v) is 18.5. The number of aliphatic carboxylic acids is 2. The Morgan fingerprint density at radius 3 is 2.67 bits per heavy atom. The summed E-state index contributed by atoms with van der Waals surface area (Å²) in [5.74, 6) is -4.72. The molecule has 2 unspecified atom stereocenters. The number of fused-ring (bicyclic) bond motifs is 1. The molecule has 1 saturated heterocycles.